The van der Waals surface area contributed by atoms with Crippen molar-refractivity contribution in [2.45, 2.75) is 45.1 Å². The van der Waals surface area contributed by atoms with Crippen LogP contribution in [-0.4, -0.2) is 15.8 Å². The van der Waals surface area contributed by atoms with Gasteiger partial charge in [0.05, 0.1) is 5.69 Å². The second kappa shape index (κ2) is 3.64. The van der Waals surface area contributed by atoms with Gasteiger partial charge in [-0.2, -0.15) is 5.10 Å². The number of nitrogens with zero attached hydrogens (tertiary/aromatic N) is 2. The van der Waals surface area contributed by atoms with E-state index in [2.05, 4.69) is 30.3 Å². The van der Waals surface area contributed by atoms with Gasteiger partial charge in [0.25, 0.3) is 0 Å². The lowest BCUT2D eigenvalue weighted by Gasteiger charge is -2.11. The number of hydrogen-bond donors (Lipinski definition) is 1. The Balaban J connectivity index is 2.08. The Labute approximate surface area is 85.5 Å². The normalized spacial score (nSPS) is 18.2. The Morgan fingerprint density at radius 3 is 2.93 bits per heavy atom. The molecule has 1 aromatic heterocycles. The van der Waals surface area contributed by atoms with Crippen molar-refractivity contribution in [2.24, 2.45) is 7.05 Å². The molecule has 0 aromatic carbocycles. The molecule has 0 radical (unpaired) electrons. The van der Waals surface area contributed by atoms with Crippen LogP contribution in [0.1, 0.15) is 44.7 Å². The number of aryl methyl sites for hydroxylation is 1. The quantitative estimate of drug-likeness (QED) is 0.796. The summed E-state index contributed by atoms with van der Waals surface area (Å²) in [6.45, 7) is 4.39. The highest BCUT2D eigenvalue weighted by molar-refractivity contribution is 5.39. The van der Waals surface area contributed by atoms with Gasteiger partial charge in [0, 0.05) is 25.1 Å². The summed E-state index contributed by atoms with van der Waals surface area (Å²) in [6.07, 6.45) is 3.78. The molecule has 1 heterocycles. The van der Waals surface area contributed by atoms with E-state index in [1.165, 1.54) is 18.5 Å². The first-order valence-electron chi connectivity index (χ1n) is 5.51. The van der Waals surface area contributed by atoms with E-state index in [0.717, 1.165) is 18.2 Å². The standard InChI is InChI=1S/C11H19N3/c1-4-8(2)12-11-7-10(9-5-6-9)13-14(11)3/h7-9,12H,4-6H2,1-3H3. The summed E-state index contributed by atoms with van der Waals surface area (Å²) in [5.74, 6) is 1.90. The van der Waals surface area contributed by atoms with E-state index in [-0.39, 0.29) is 0 Å². The molecule has 0 spiro atoms. The summed E-state index contributed by atoms with van der Waals surface area (Å²) < 4.78 is 1.96. The zero-order valence-corrected chi connectivity index (χ0v) is 9.25. The van der Waals surface area contributed by atoms with Gasteiger partial charge in [-0.1, -0.05) is 6.92 Å². The first-order valence-corrected chi connectivity index (χ1v) is 5.51. The fourth-order valence-electron chi connectivity index (χ4n) is 1.56. The SMILES string of the molecule is CCC(C)Nc1cc(C2CC2)nn1C. The molecule has 3 heteroatoms. The average molecular weight is 193 g/mol. The van der Waals surface area contributed by atoms with E-state index >= 15 is 0 Å². The molecular weight excluding hydrogens is 174 g/mol. The molecule has 1 aliphatic rings. The van der Waals surface area contributed by atoms with E-state index in [1.54, 1.807) is 0 Å². The Hall–Kier alpha value is -0.990. The van der Waals surface area contributed by atoms with Crippen LogP contribution in [0.3, 0.4) is 0 Å². The van der Waals surface area contributed by atoms with Crippen molar-refractivity contribution in [3.8, 4) is 0 Å². The van der Waals surface area contributed by atoms with Crippen molar-refractivity contribution in [1.29, 1.82) is 0 Å². The van der Waals surface area contributed by atoms with Gasteiger partial charge in [-0.25, -0.2) is 0 Å². The van der Waals surface area contributed by atoms with E-state index in [1.807, 2.05) is 11.7 Å². The minimum Gasteiger partial charge on any atom is -0.368 e. The maximum absolute atomic E-state index is 4.51. The van der Waals surface area contributed by atoms with E-state index in [0.29, 0.717) is 6.04 Å². The molecule has 1 atom stereocenters. The zero-order valence-electron chi connectivity index (χ0n) is 9.25. The lowest BCUT2D eigenvalue weighted by Crippen LogP contribution is -2.15. The molecule has 14 heavy (non-hydrogen) atoms. The highest BCUT2D eigenvalue weighted by Gasteiger charge is 2.26. The maximum Gasteiger partial charge on any atom is 0.124 e. The van der Waals surface area contributed by atoms with Crippen LogP contribution in [0.4, 0.5) is 5.82 Å². The molecule has 1 fully saturated rings. The third-order valence-corrected chi connectivity index (χ3v) is 2.90. The van der Waals surface area contributed by atoms with E-state index in [4.69, 9.17) is 0 Å². The number of anilines is 1. The summed E-state index contributed by atoms with van der Waals surface area (Å²) in [6, 6.07) is 2.72. The first-order chi connectivity index (χ1) is 6.70. The largest absolute Gasteiger partial charge is 0.368 e. The topological polar surface area (TPSA) is 29.9 Å². The summed E-state index contributed by atoms with van der Waals surface area (Å²) in [4.78, 5) is 0. The summed E-state index contributed by atoms with van der Waals surface area (Å²) >= 11 is 0. The summed E-state index contributed by atoms with van der Waals surface area (Å²) in [5, 5.41) is 7.98. The highest BCUT2D eigenvalue weighted by atomic mass is 15.3. The van der Waals surface area contributed by atoms with Crippen LogP contribution in [0.15, 0.2) is 6.07 Å². The van der Waals surface area contributed by atoms with Gasteiger partial charge in [0.2, 0.25) is 0 Å². The molecule has 78 valence electrons. The van der Waals surface area contributed by atoms with Gasteiger partial charge in [-0.05, 0) is 26.2 Å². The average Bonchev–Trinajstić information content (AvgIpc) is 2.94. The van der Waals surface area contributed by atoms with Crippen LogP contribution >= 0.6 is 0 Å². The Bertz CT molecular complexity index is 312. The minimum absolute atomic E-state index is 0.525. The fraction of sp³-hybridized carbons (Fsp3) is 0.727. The van der Waals surface area contributed by atoms with Crippen LogP contribution in [-0.2, 0) is 7.05 Å². The van der Waals surface area contributed by atoms with Crippen LogP contribution in [0.2, 0.25) is 0 Å². The van der Waals surface area contributed by atoms with Gasteiger partial charge < -0.3 is 5.32 Å². The second-order valence-electron chi connectivity index (χ2n) is 4.31. The molecule has 1 unspecified atom stereocenters. The highest BCUT2D eigenvalue weighted by Crippen LogP contribution is 2.39. The molecule has 0 saturated heterocycles. The molecule has 1 aliphatic carbocycles. The van der Waals surface area contributed by atoms with Crippen molar-refractivity contribution in [2.75, 3.05) is 5.32 Å². The number of aromatic nitrogens is 2. The van der Waals surface area contributed by atoms with Crippen molar-refractivity contribution in [3.05, 3.63) is 11.8 Å². The van der Waals surface area contributed by atoms with Gasteiger partial charge in [0.15, 0.2) is 0 Å². The number of nitrogens with one attached hydrogen (secondary N) is 1. The lowest BCUT2D eigenvalue weighted by molar-refractivity contribution is 0.709. The van der Waals surface area contributed by atoms with Crippen molar-refractivity contribution in [3.63, 3.8) is 0 Å². The summed E-state index contributed by atoms with van der Waals surface area (Å²) in [7, 11) is 2.01. The maximum atomic E-state index is 4.51. The first kappa shape index (κ1) is 9.56. The predicted molar refractivity (Wildman–Crippen MR) is 58.6 cm³/mol. The van der Waals surface area contributed by atoms with Crippen molar-refractivity contribution < 1.29 is 0 Å². The summed E-state index contributed by atoms with van der Waals surface area (Å²) in [5.41, 5.74) is 1.26. The molecule has 1 saturated carbocycles. The number of hydrogen-bond acceptors (Lipinski definition) is 2. The van der Waals surface area contributed by atoms with E-state index in [9.17, 15) is 0 Å². The lowest BCUT2D eigenvalue weighted by atomic mass is 10.2. The van der Waals surface area contributed by atoms with E-state index < -0.39 is 0 Å². The third kappa shape index (κ3) is 1.91. The molecule has 2 rings (SSSR count). The predicted octanol–water partition coefficient (Wildman–Crippen LogP) is 2.51. The van der Waals surface area contributed by atoms with Gasteiger partial charge in [-0.15, -0.1) is 0 Å². The second-order valence-corrected chi connectivity index (χ2v) is 4.31. The van der Waals surface area contributed by atoms with Gasteiger partial charge in [-0.3, -0.25) is 4.68 Å². The molecular formula is C11H19N3. The van der Waals surface area contributed by atoms with Crippen LogP contribution in [0, 0.1) is 0 Å². The number of rotatable bonds is 4. The minimum atomic E-state index is 0.525. The van der Waals surface area contributed by atoms with Crippen LogP contribution in [0.25, 0.3) is 0 Å². The van der Waals surface area contributed by atoms with Gasteiger partial charge in [0.1, 0.15) is 5.82 Å². The van der Waals surface area contributed by atoms with Gasteiger partial charge >= 0.3 is 0 Å². The Kier molecular flexibility index (Phi) is 2.48. The molecule has 3 nitrogen and oxygen atoms in total. The smallest absolute Gasteiger partial charge is 0.124 e. The molecule has 1 aromatic rings. The van der Waals surface area contributed by atoms with Crippen molar-refractivity contribution in [1.82, 2.24) is 9.78 Å². The van der Waals surface area contributed by atoms with Crippen molar-refractivity contribution >= 4 is 5.82 Å². The molecule has 0 amide bonds. The monoisotopic (exact) mass is 193 g/mol. The molecule has 0 bridgehead atoms. The Morgan fingerprint density at radius 2 is 2.36 bits per heavy atom. The molecule has 1 N–H and O–H groups in total. The van der Waals surface area contributed by atoms with Crippen LogP contribution < -0.4 is 5.32 Å². The zero-order chi connectivity index (χ0) is 10.1. The Morgan fingerprint density at radius 1 is 1.64 bits per heavy atom. The molecule has 0 aliphatic heterocycles. The third-order valence-electron chi connectivity index (χ3n) is 2.90. The van der Waals surface area contributed by atoms with Crippen LogP contribution in [0.5, 0.6) is 0 Å². The fourth-order valence-corrected chi connectivity index (χ4v) is 1.56.